The predicted octanol–water partition coefficient (Wildman–Crippen LogP) is 5.73. The fraction of sp³-hybridized carbons (Fsp3) is 0.360. The molecule has 0 saturated heterocycles. The van der Waals surface area contributed by atoms with E-state index in [4.69, 9.17) is 4.74 Å². The van der Waals surface area contributed by atoms with E-state index in [1.165, 1.54) is 5.56 Å². The summed E-state index contributed by atoms with van der Waals surface area (Å²) in [6, 6.07) is 13.3. The van der Waals surface area contributed by atoms with Crippen LogP contribution in [0.1, 0.15) is 60.4 Å². The highest BCUT2D eigenvalue weighted by molar-refractivity contribution is 5.99. The van der Waals surface area contributed by atoms with Gasteiger partial charge >= 0.3 is 0 Å². The van der Waals surface area contributed by atoms with E-state index in [2.05, 4.69) is 16.3 Å². The number of benzene rings is 2. The molecule has 5 heteroatoms. The van der Waals surface area contributed by atoms with Gasteiger partial charge in [0.05, 0.1) is 13.3 Å². The molecule has 1 heterocycles. The number of aromatic amines is 1. The Bertz CT molecular complexity index is 997. The molecule has 2 atom stereocenters. The van der Waals surface area contributed by atoms with Crippen molar-refractivity contribution in [3.63, 3.8) is 0 Å². The van der Waals surface area contributed by atoms with Crippen LogP contribution < -0.4 is 4.74 Å². The van der Waals surface area contributed by atoms with Crippen LogP contribution >= 0.6 is 0 Å². The van der Waals surface area contributed by atoms with Crippen LogP contribution in [-0.4, -0.2) is 28.2 Å². The lowest BCUT2D eigenvalue weighted by Gasteiger charge is -2.25. The van der Waals surface area contributed by atoms with Crippen LogP contribution in [-0.2, 0) is 0 Å². The highest BCUT2D eigenvalue weighted by atomic mass is 16.5. The summed E-state index contributed by atoms with van der Waals surface area (Å²) in [6.45, 7) is 0. The number of nitrogens with one attached hydrogen (secondary N) is 1. The fourth-order valence-electron chi connectivity index (χ4n) is 4.56. The van der Waals surface area contributed by atoms with Crippen molar-refractivity contribution in [1.82, 2.24) is 10.2 Å². The number of aromatic hydroxyl groups is 1. The van der Waals surface area contributed by atoms with Crippen molar-refractivity contribution < 1.29 is 14.6 Å². The van der Waals surface area contributed by atoms with E-state index in [1.54, 1.807) is 19.4 Å². The standard InChI is InChI=1S/C25H28N2O3/c1-30-24-14-20(11-12-23(24)21-15-26-27-16-21)25(29)18-6-3-2-5-17(9-10-18)19-7-4-8-22(28)13-19/h4,7-8,11-18,28H,2-3,5-6,9-10H2,1H3,(H,26,27). The van der Waals surface area contributed by atoms with Crippen molar-refractivity contribution in [3.05, 3.63) is 66.0 Å². The molecule has 1 aliphatic rings. The van der Waals surface area contributed by atoms with Crippen LogP contribution in [0.15, 0.2) is 54.9 Å². The molecule has 0 spiro atoms. The molecule has 156 valence electrons. The second-order valence-electron chi connectivity index (χ2n) is 8.12. The number of methoxy groups -OCH3 is 1. The van der Waals surface area contributed by atoms with Gasteiger partial charge in [0, 0.05) is 28.8 Å². The molecule has 0 amide bonds. The SMILES string of the molecule is COc1cc(C(=O)C2CCCCC(c3cccc(O)c3)CC2)ccc1-c1cn[nH]c1. The van der Waals surface area contributed by atoms with E-state index >= 15 is 0 Å². The first-order valence-corrected chi connectivity index (χ1v) is 10.7. The number of ketones is 1. The van der Waals surface area contributed by atoms with Gasteiger partial charge in [0.25, 0.3) is 0 Å². The van der Waals surface area contributed by atoms with Gasteiger partial charge in [0.2, 0.25) is 0 Å². The molecular formula is C25H28N2O3. The number of carbonyl (C=O) groups excluding carboxylic acids is 1. The van der Waals surface area contributed by atoms with E-state index in [1.807, 2.05) is 36.5 Å². The zero-order valence-electron chi connectivity index (χ0n) is 17.3. The normalized spacial score (nSPS) is 19.6. The summed E-state index contributed by atoms with van der Waals surface area (Å²) >= 11 is 0. The Morgan fingerprint density at radius 3 is 2.73 bits per heavy atom. The molecule has 1 aliphatic carbocycles. The Morgan fingerprint density at radius 1 is 1.10 bits per heavy atom. The molecule has 5 nitrogen and oxygen atoms in total. The van der Waals surface area contributed by atoms with Crippen LogP contribution in [0.5, 0.6) is 11.5 Å². The molecular weight excluding hydrogens is 376 g/mol. The lowest BCUT2D eigenvalue weighted by molar-refractivity contribution is 0.0895. The largest absolute Gasteiger partial charge is 0.508 e. The van der Waals surface area contributed by atoms with Gasteiger partial charge in [-0.3, -0.25) is 9.89 Å². The van der Waals surface area contributed by atoms with E-state index in [0.29, 0.717) is 23.0 Å². The molecule has 2 aromatic carbocycles. The van der Waals surface area contributed by atoms with Crippen molar-refractivity contribution in [3.8, 4) is 22.6 Å². The van der Waals surface area contributed by atoms with E-state index in [-0.39, 0.29) is 11.7 Å². The second-order valence-corrected chi connectivity index (χ2v) is 8.12. The Morgan fingerprint density at radius 2 is 1.97 bits per heavy atom. The van der Waals surface area contributed by atoms with Gasteiger partial charge in [0.1, 0.15) is 11.5 Å². The average Bonchev–Trinajstić information content (AvgIpc) is 3.27. The Hall–Kier alpha value is -3.08. The van der Waals surface area contributed by atoms with E-state index < -0.39 is 0 Å². The Kier molecular flexibility index (Phi) is 6.17. The molecule has 2 unspecified atom stereocenters. The van der Waals surface area contributed by atoms with Crippen LogP contribution in [0.25, 0.3) is 11.1 Å². The van der Waals surface area contributed by atoms with Crippen molar-refractivity contribution in [2.75, 3.05) is 7.11 Å². The first-order valence-electron chi connectivity index (χ1n) is 10.7. The zero-order valence-corrected chi connectivity index (χ0v) is 17.3. The molecule has 0 bridgehead atoms. The zero-order chi connectivity index (χ0) is 20.9. The topological polar surface area (TPSA) is 75.2 Å². The molecule has 0 aliphatic heterocycles. The third-order valence-corrected chi connectivity index (χ3v) is 6.23. The van der Waals surface area contributed by atoms with Gasteiger partial charge in [-0.1, -0.05) is 31.0 Å². The summed E-state index contributed by atoms with van der Waals surface area (Å²) in [5.74, 6) is 1.61. The second kappa shape index (κ2) is 9.16. The molecule has 0 radical (unpaired) electrons. The summed E-state index contributed by atoms with van der Waals surface area (Å²) in [5.41, 5.74) is 3.74. The van der Waals surface area contributed by atoms with Gasteiger partial charge in [-0.15, -0.1) is 0 Å². The first kappa shape index (κ1) is 20.2. The monoisotopic (exact) mass is 404 g/mol. The molecule has 3 aromatic rings. The number of rotatable bonds is 5. The minimum atomic E-state index is 0.0228. The van der Waals surface area contributed by atoms with Crippen LogP contribution in [0, 0.1) is 5.92 Å². The first-order chi connectivity index (χ1) is 14.7. The number of ether oxygens (including phenoxy) is 1. The minimum absolute atomic E-state index is 0.0228. The van der Waals surface area contributed by atoms with Crippen molar-refractivity contribution in [2.24, 2.45) is 5.92 Å². The minimum Gasteiger partial charge on any atom is -0.508 e. The average molecular weight is 405 g/mol. The molecule has 1 fully saturated rings. The van der Waals surface area contributed by atoms with Crippen molar-refractivity contribution in [2.45, 2.75) is 44.4 Å². The molecule has 30 heavy (non-hydrogen) atoms. The van der Waals surface area contributed by atoms with Crippen LogP contribution in [0.4, 0.5) is 0 Å². The maximum Gasteiger partial charge on any atom is 0.166 e. The summed E-state index contributed by atoms with van der Waals surface area (Å²) in [4.78, 5) is 13.3. The van der Waals surface area contributed by atoms with Gasteiger partial charge in [-0.05, 0) is 61.4 Å². The highest BCUT2D eigenvalue weighted by Crippen LogP contribution is 2.36. The number of Topliss-reactive ketones (excluding diaryl/α,β-unsaturated/α-hetero) is 1. The van der Waals surface area contributed by atoms with Gasteiger partial charge in [0.15, 0.2) is 5.78 Å². The summed E-state index contributed by atoms with van der Waals surface area (Å²) in [6.07, 6.45) is 9.58. The quantitative estimate of drug-likeness (QED) is 0.533. The van der Waals surface area contributed by atoms with Crippen LogP contribution in [0.2, 0.25) is 0 Å². The lowest BCUT2D eigenvalue weighted by atomic mass is 9.79. The van der Waals surface area contributed by atoms with Gasteiger partial charge in [-0.25, -0.2) is 0 Å². The maximum absolute atomic E-state index is 13.3. The van der Waals surface area contributed by atoms with E-state index in [0.717, 1.165) is 49.7 Å². The van der Waals surface area contributed by atoms with Crippen molar-refractivity contribution in [1.29, 1.82) is 0 Å². The number of phenols is 1. The Balaban J connectivity index is 1.51. The van der Waals surface area contributed by atoms with Gasteiger partial charge in [-0.2, -0.15) is 5.10 Å². The number of hydrogen-bond acceptors (Lipinski definition) is 4. The fourth-order valence-corrected chi connectivity index (χ4v) is 4.56. The number of carbonyl (C=O) groups is 1. The van der Waals surface area contributed by atoms with E-state index in [9.17, 15) is 9.90 Å². The van der Waals surface area contributed by atoms with Crippen molar-refractivity contribution >= 4 is 5.78 Å². The molecule has 4 rings (SSSR count). The summed E-state index contributed by atoms with van der Waals surface area (Å²) < 4.78 is 5.56. The lowest BCUT2D eigenvalue weighted by Crippen LogP contribution is -2.18. The van der Waals surface area contributed by atoms with Gasteiger partial charge < -0.3 is 9.84 Å². The predicted molar refractivity (Wildman–Crippen MR) is 117 cm³/mol. The molecule has 1 aromatic heterocycles. The smallest absolute Gasteiger partial charge is 0.166 e. The molecule has 2 N–H and O–H groups in total. The number of hydrogen-bond donors (Lipinski definition) is 2. The number of nitrogens with zero attached hydrogens (tertiary/aromatic N) is 1. The third kappa shape index (κ3) is 4.40. The number of phenolic OH excluding ortho intramolecular Hbond substituents is 1. The maximum atomic E-state index is 13.3. The number of H-pyrrole nitrogens is 1. The summed E-state index contributed by atoms with van der Waals surface area (Å²) in [5, 5.41) is 16.6. The van der Waals surface area contributed by atoms with Crippen LogP contribution in [0.3, 0.4) is 0 Å². The Labute approximate surface area is 177 Å². The number of aromatic nitrogens is 2. The highest BCUT2D eigenvalue weighted by Gasteiger charge is 2.25. The molecule has 1 saturated carbocycles. The summed E-state index contributed by atoms with van der Waals surface area (Å²) in [7, 11) is 1.63. The third-order valence-electron chi connectivity index (χ3n) is 6.23.